The molecule has 21 heavy (non-hydrogen) atoms. The predicted octanol–water partition coefficient (Wildman–Crippen LogP) is 2.69. The van der Waals surface area contributed by atoms with Gasteiger partial charge in [0.15, 0.2) is 0 Å². The van der Waals surface area contributed by atoms with E-state index in [1.165, 1.54) is 5.56 Å². The van der Waals surface area contributed by atoms with Gasteiger partial charge in [0.05, 0.1) is 6.10 Å². The molecule has 1 atom stereocenters. The van der Waals surface area contributed by atoms with Crippen LogP contribution in [0, 0.1) is 0 Å². The van der Waals surface area contributed by atoms with Crippen molar-refractivity contribution in [2.75, 3.05) is 6.54 Å². The minimum atomic E-state index is -0.566. The Morgan fingerprint density at radius 1 is 1.38 bits per heavy atom. The molecule has 1 amide bonds. The molecular weight excluding hydrogens is 264 g/mol. The largest absolute Gasteiger partial charge is 0.392 e. The number of hydrogen-bond acceptors (Lipinski definition) is 3. The Labute approximate surface area is 125 Å². The van der Waals surface area contributed by atoms with Crippen LogP contribution in [-0.2, 0) is 6.42 Å². The summed E-state index contributed by atoms with van der Waals surface area (Å²) >= 11 is 0. The van der Waals surface area contributed by atoms with E-state index in [9.17, 15) is 9.90 Å². The number of nitrogens with one attached hydrogen (secondary N) is 1. The highest BCUT2D eigenvalue weighted by molar-refractivity contribution is 6.05. The molecule has 4 heteroatoms. The van der Waals surface area contributed by atoms with Crippen LogP contribution in [0.1, 0.15) is 42.7 Å². The standard InChI is InChI=1S/C17H22N2O2/c1-3-4-5-13-6-7-14-8-9-18-16(15(14)10-13)17(21)19-11-12(2)20/h6-10,12,20H,3-5,11H2,1-2H3,(H,19,21). The Hall–Kier alpha value is -1.94. The number of fused-ring (bicyclic) bond motifs is 1. The highest BCUT2D eigenvalue weighted by atomic mass is 16.3. The van der Waals surface area contributed by atoms with E-state index in [0.29, 0.717) is 5.69 Å². The topological polar surface area (TPSA) is 62.2 Å². The number of aromatic nitrogens is 1. The molecule has 2 aromatic rings. The van der Waals surface area contributed by atoms with E-state index in [0.717, 1.165) is 30.0 Å². The van der Waals surface area contributed by atoms with Crippen LogP contribution in [0.3, 0.4) is 0 Å². The third-order valence-electron chi connectivity index (χ3n) is 3.42. The van der Waals surface area contributed by atoms with E-state index in [4.69, 9.17) is 0 Å². The van der Waals surface area contributed by atoms with E-state index in [2.05, 4.69) is 29.4 Å². The first-order chi connectivity index (χ1) is 10.1. The Bertz CT molecular complexity index is 623. The van der Waals surface area contributed by atoms with Gasteiger partial charge in [-0.15, -0.1) is 0 Å². The second-order valence-electron chi connectivity index (χ2n) is 5.38. The fourth-order valence-electron chi connectivity index (χ4n) is 2.26. The van der Waals surface area contributed by atoms with Gasteiger partial charge in [0.1, 0.15) is 5.69 Å². The maximum atomic E-state index is 12.2. The second-order valence-corrected chi connectivity index (χ2v) is 5.38. The lowest BCUT2D eigenvalue weighted by atomic mass is 10.0. The van der Waals surface area contributed by atoms with Gasteiger partial charge in [-0.25, -0.2) is 0 Å². The zero-order valence-electron chi connectivity index (χ0n) is 12.6. The molecule has 1 aromatic carbocycles. The third kappa shape index (κ3) is 4.02. The summed E-state index contributed by atoms with van der Waals surface area (Å²) in [7, 11) is 0. The molecule has 1 aromatic heterocycles. The molecule has 1 heterocycles. The molecule has 0 fully saturated rings. The Balaban J connectivity index is 2.31. The molecule has 112 valence electrons. The van der Waals surface area contributed by atoms with Crippen LogP contribution < -0.4 is 5.32 Å². The van der Waals surface area contributed by atoms with Gasteiger partial charge in [-0.05, 0) is 42.8 Å². The number of aliphatic hydroxyl groups is 1. The number of amides is 1. The molecule has 4 nitrogen and oxygen atoms in total. The number of aryl methyl sites for hydroxylation is 1. The van der Waals surface area contributed by atoms with E-state index in [-0.39, 0.29) is 12.5 Å². The quantitative estimate of drug-likeness (QED) is 0.858. The molecule has 1 unspecified atom stereocenters. The number of carbonyl (C=O) groups is 1. The molecule has 2 N–H and O–H groups in total. The molecule has 2 rings (SSSR count). The average Bonchev–Trinajstić information content (AvgIpc) is 2.49. The SMILES string of the molecule is CCCCc1ccc2ccnc(C(=O)NCC(C)O)c2c1. The number of aliphatic hydroxyl groups excluding tert-OH is 1. The van der Waals surface area contributed by atoms with E-state index >= 15 is 0 Å². The summed E-state index contributed by atoms with van der Waals surface area (Å²) in [6.07, 6.45) is 4.37. The maximum absolute atomic E-state index is 12.2. The molecule has 0 aliphatic rings. The highest BCUT2D eigenvalue weighted by Gasteiger charge is 2.12. The fourth-order valence-corrected chi connectivity index (χ4v) is 2.26. The van der Waals surface area contributed by atoms with Crippen LogP contribution in [0.5, 0.6) is 0 Å². The zero-order chi connectivity index (χ0) is 15.2. The van der Waals surface area contributed by atoms with Gasteiger partial charge in [-0.1, -0.05) is 25.5 Å². The molecule has 0 aliphatic heterocycles. The van der Waals surface area contributed by atoms with Crippen LogP contribution in [0.15, 0.2) is 30.5 Å². The van der Waals surface area contributed by atoms with Gasteiger partial charge < -0.3 is 10.4 Å². The molecule has 0 radical (unpaired) electrons. The molecular formula is C17H22N2O2. The van der Waals surface area contributed by atoms with E-state index in [1.54, 1.807) is 13.1 Å². The van der Waals surface area contributed by atoms with Crippen molar-refractivity contribution >= 4 is 16.7 Å². The lowest BCUT2D eigenvalue weighted by molar-refractivity contribution is 0.0921. The normalized spacial score (nSPS) is 12.3. The highest BCUT2D eigenvalue weighted by Crippen LogP contribution is 2.20. The summed E-state index contributed by atoms with van der Waals surface area (Å²) in [4.78, 5) is 16.4. The Kier molecular flexibility index (Phi) is 5.28. The van der Waals surface area contributed by atoms with Crippen molar-refractivity contribution in [3.63, 3.8) is 0 Å². The van der Waals surface area contributed by atoms with Crippen molar-refractivity contribution in [1.82, 2.24) is 10.3 Å². The van der Waals surface area contributed by atoms with Gasteiger partial charge in [0, 0.05) is 18.1 Å². The number of hydrogen-bond donors (Lipinski definition) is 2. The van der Waals surface area contributed by atoms with Crippen molar-refractivity contribution in [3.05, 3.63) is 41.7 Å². The first-order valence-corrected chi connectivity index (χ1v) is 7.45. The molecule has 0 saturated heterocycles. The van der Waals surface area contributed by atoms with Crippen LogP contribution in [0.4, 0.5) is 0 Å². The monoisotopic (exact) mass is 286 g/mol. The molecule has 0 spiro atoms. The summed E-state index contributed by atoms with van der Waals surface area (Å²) in [5, 5.41) is 13.8. The Morgan fingerprint density at radius 3 is 2.90 bits per heavy atom. The average molecular weight is 286 g/mol. The predicted molar refractivity (Wildman–Crippen MR) is 84.4 cm³/mol. The number of rotatable bonds is 6. The fraction of sp³-hybridized carbons (Fsp3) is 0.412. The second kappa shape index (κ2) is 7.18. The van der Waals surface area contributed by atoms with Gasteiger partial charge in [-0.3, -0.25) is 9.78 Å². The summed E-state index contributed by atoms with van der Waals surface area (Å²) in [6, 6.07) is 8.10. The number of nitrogens with zero attached hydrogens (tertiary/aromatic N) is 1. The minimum Gasteiger partial charge on any atom is -0.392 e. The van der Waals surface area contributed by atoms with Crippen LogP contribution in [0.2, 0.25) is 0 Å². The smallest absolute Gasteiger partial charge is 0.270 e. The molecule has 0 aliphatic carbocycles. The first kappa shape index (κ1) is 15.4. The number of pyridine rings is 1. The van der Waals surface area contributed by atoms with Crippen molar-refractivity contribution in [3.8, 4) is 0 Å². The minimum absolute atomic E-state index is 0.229. The van der Waals surface area contributed by atoms with E-state index < -0.39 is 6.10 Å². The van der Waals surface area contributed by atoms with Crippen molar-refractivity contribution in [1.29, 1.82) is 0 Å². The summed E-state index contributed by atoms with van der Waals surface area (Å²) in [5.41, 5.74) is 1.65. The first-order valence-electron chi connectivity index (χ1n) is 7.45. The summed E-state index contributed by atoms with van der Waals surface area (Å²) in [6.45, 7) is 4.03. The van der Waals surface area contributed by atoms with Crippen LogP contribution in [-0.4, -0.2) is 28.6 Å². The molecule has 0 saturated carbocycles. The number of benzene rings is 1. The van der Waals surface area contributed by atoms with Crippen molar-refractivity contribution in [2.45, 2.75) is 39.2 Å². The summed E-state index contributed by atoms with van der Waals surface area (Å²) in [5.74, 6) is -0.242. The van der Waals surface area contributed by atoms with Crippen LogP contribution >= 0.6 is 0 Å². The molecule has 0 bridgehead atoms. The number of unbranched alkanes of at least 4 members (excludes halogenated alkanes) is 1. The lowest BCUT2D eigenvalue weighted by Gasteiger charge is -2.10. The zero-order valence-corrected chi connectivity index (χ0v) is 12.6. The van der Waals surface area contributed by atoms with E-state index in [1.807, 2.05) is 12.1 Å². The Morgan fingerprint density at radius 2 is 2.19 bits per heavy atom. The lowest BCUT2D eigenvalue weighted by Crippen LogP contribution is -2.31. The van der Waals surface area contributed by atoms with Crippen molar-refractivity contribution in [2.24, 2.45) is 0 Å². The maximum Gasteiger partial charge on any atom is 0.270 e. The summed E-state index contributed by atoms with van der Waals surface area (Å²) < 4.78 is 0. The van der Waals surface area contributed by atoms with Gasteiger partial charge in [0.2, 0.25) is 0 Å². The number of carbonyl (C=O) groups excluding carboxylic acids is 1. The van der Waals surface area contributed by atoms with Gasteiger partial charge >= 0.3 is 0 Å². The van der Waals surface area contributed by atoms with Crippen LogP contribution in [0.25, 0.3) is 10.8 Å². The van der Waals surface area contributed by atoms with Gasteiger partial charge in [-0.2, -0.15) is 0 Å². The third-order valence-corrected chi connectivity index (χ3v) is 3.42. The van der Waals surface area contributed by atoms with Crippen molar-refractivity contribution < 1.29 is 9.90 Å². The van der Waals surface area contributed by atoms with Gasteiger partial charge in [0.25, 0.3) is 5.91 Å².